The van der Waals surface area contributed by atoms with E-state index in [2.05, 4.69) is 30.8 Å². The van der Waals surface area contributed by atoms with Gasteiger partial charge >= 0.3 is 0 Å². The predicted octanol–water partition coefficient (Wildman–Crippen LogP) is 3.16. The summed E-state index contributed by atoms with van der Waals surface area (Å²) in [5.41, 5.74) is 3.24. The molecule has 1 aliphatic carbocycles. The Morgan fingerprint density at radius 3 is 3.15 bits per heavy atom. The van der Waals surface area contributed by atoms with Crippen LogP contribution in [0.2, 0.25) is 0 Å². The summed E-state index contributed by atoms with van der Waals surface area (Å²) in [6.07, 6.45) is 5.90. The van der Waals surface area contributed by atoms with Crippen molar-refractivity contribution >= 4 is 49.9 Å². The third-order valence-electron chi connectivity index (χ3n) is 5.17. The van der Waals surface area contributed by atoms with E-state index in [1.54, 1.807) is 30.9 Å². The molecule has 136 valence electrons. The minimum atomic E-state index is 0.0448. The highest BCUT2D eigenvalue weighted by atomic mass is 32.1. The monoisotopic (exact) mass is 378 g/mol. The molecule has 0 saturated heterocycles. The van der Waals surface area contributed by atoms with E-state index in [-0.39, 0.29) is 11.8 Å². The minimum absolute atomic E-state index is 0.0448. The number of aryl methyl sites for hydroxylation is 1. The molecule has 1 aromatic carbocycles. The second kappa shape index (κ2) is 6.31. The SMILES string of the molecule is CNC(=O)C1CCc2c(sc3ncnc(Nc4ccc5[nH]ncc5c4)c23)C1. The van der Waals surface area contributed by atoms with Gasteiger partial charge in [0.25, 0.3) is 0 Å². The number of aromatic nitrogens is 4. The number of hydrogen-bond donors (Lipinski definition) is 3. The number of hydrogen-bond acceptors (Lipinski definition) is 6. The molecular formula is C19H18N6OS. The highest BCUT2D eigenvalue weighted by Crippen LogP contribution is 2.40. The van der Waals surface area contributed by atoms with Gasteiger partial charge in [0, 0.05) is 28.9 Å². The summed E-state index contributed by atoms with van der Waals surface area (Å²) in [4.78, 5) is 23.2. The van der Waals surface area contributed by atoms with Crippen LogP contribution in [0.1, 0.15) is 16.9 Å². The zero-order valence-corrected chi connectivity index (χ0v) is 15.6. The van der Waals surface area contributed by atoms with Crippen molar-refractivity contribution in [3.8, 4) is 0 Å². The van der Waals surface area contributed by atoms with Gasteiger partial charge in [-0.2, -0.15) is 5.10 Å². The van der Waals surface area contributed by atoms with E-state index < -0.39 is 0 Å². The van der Waals surface area contributed by atoms with Crippen LogP contribution in [0.5, 0.6) is 0 Å². The van der Waals surface area contributed by atoms with Crippen LogP contribution < -0.4 is 10.6 Å². The Kier molecular flexibility index (Phi) is 3.78. The molecule has 4 aromatic rings. The van der Waals surface area contributed by atoms with E-state index in [0.717, 1.165) is 51.9 Å². The lowest BCUT2D eigenvalue weighted by atomic mass is 9.87. The Balaban J connectivity index is 1.54. The molecule has 0 fully saturated rings. The average molecular weight is 378 g/mol. The number of aromatic amines is 1. The van der Waals surface area contributed by atoms with Crippen LogP contribution in [0.15, 0.2) is 30.7 Å². The molecule has 0 radical (unpaired) electrons. The van der Waals surface area contributed by atoms with Gasteiger partial charge in [0.1, 0.15) is 17.0 Å². The van der Waals surface area contributed by atoms with Crippen molar-refractivity contribution in [2.75, 3.05) is 12.4 Å². The molecule has 5 rings (SSSR count). The number of anilines is 2. The van der Waals surface area contributed by atoms with E-state index in [0.29, 0.717) is 0 Å². The van der Waals surface area contributed by atoms with E-state index in [9.17, 15) is 4.79 Å². The van der Waals surface area contributed by atoms with Crippen molar-refractivity contribution in [3.63, 3.8) is 0 Å². The van der Waals surface area contributed by atoms with E-state index in [4.69, 9.17) is 0 Å². The van der Waals surface area contributed by atoms with Gasteiger partial charge in [0.15, 0.2) is 0 Å². The zero-order chi connectivity index (χ0) is 18.4. The fraction of sp³-hybridized carbons (Fsp3) is 0.263. The van der Waals surface area contributed by atoms with Gasteiger partial charge in [0.2, 0.25) is 5.91 Å². The molecular weight excluding hydrogens is 360 g/mol. The van der Waals surface area contributed by atoms with E-state index in [1.165, 1.54) is 10.4 Å². The molecule has 1 unspecified atom stereocenters. The normalized spacial score (nSPS) is 16.4. The maximum absolute atomic E-state index is 12.0. The van der Waals surface area contributed by atoms with Crippen molar-refractivity contribution in [3.05, 3.63) is 41.2 Å². The number of thiophene rings is 1. The molecule has 7 nitrogen and oxygen atoms in total. The second-order valence-electron chi connectivity index (χ2n) is 6.76. The predicted molar refractivity (Wildman–Crippen MR) is 106 cm³/mol. The molecule has 27 heavy (non-hydrogen) atoms. The van der Waals surface area contributed by atoms with Gasteiger partial charge in [-0.1, -0.05) is 0 Å². The zero-order valence-electron chi connectivity index (χ0n) is 14.7. The van der Waals surface area contributed by atoms with Gasteiger partial charge in [0.05, 0.1) is 17.1 Å². The standard InChI is InChI=1S/C19H18N6OS/c1-20-18(26)10-2-4-13-15(7-10)27-19-16(13)17(21-9-22-19)24-12-3-5-14-11(6-12)8-23-25-14/h3,5-6,8-10H,2,4,7H2,1H3,(H,20,26)(H,23,25)(H,21,22,24). The summed E-state index contributed by atoms with van der Waals surface area (Å²) in [5, 5.41) is 15.4. The fourth-order valence-corrected chi connectivity index (χ4v) is 5.06. The third kappa shape index (κ3) is 2.73. The third-order valence-corrected chi connectivity index (χ3v) is 6.33. The minimum Gasteiger partial charge on any atom is -0.359 e. The number of benzene rings is 1. The summed E-state index contributed by atoms with van der Waals surface area (Å²) >= 11 is 1.67. The molecule has 3 N–H and O–H groups in total. The molecule has 0 bridgehead atoms. The molecule has 1 amide bonds. The summed E-state index contributed by atoms with van der Waals surface area (Å²) in [7, 11) is 1.70. The number of H-pyrrole nitrogens is 1. The lowest BCUT2D eigenvalue weighted by Crippen LogP contribution is -2.31. The summed E-state index contributed by atoms with van der Waals surface area (Å²) < 4.78 is 0. The highest BCUT2D eigenvalue weighted by molar-refractivity contribution is 7.19. The van der Waals surface area contributed by atoms with Crippen molar-refractivity contribution in [2.24, 2.45) is 5.92 Å². The van der Waals surface area contributed by atoms with E-state index in [1.807, 2.05) is 18.2 Å². The number of nitrogens with zero attached hydrogens (tertiary/aromatic N) is 3. The number of carbonyl (C=O) groups excluding carboxylic acids is 1. The molecule has 0 aliphatic heterocycles. The Bertz CT molecular complexity index is 1160. The second-order valence-corrected chi connectivity index (χ2v) is 7.84. The van der Waals surface area contributed by atoms with Crippen molar-refractivity contribution in [2.45, 2.75) is 19.3 Å². The van der Waals surface area contributed by atoms with Crippen LogP contribution in [0.25, 0.3) is 21.1 Å². The van der Waals surface area contributed by atoms with Gasteiger partial charge in [-0.3, -0.25) is 9.89 Å². The number of rotatable bonds is 3. The first-order chi connectivity index (χ1) is 13.2. The number of amides is 1. The van der Waals surface area contributed by atoms with Crippen LogP contribution >= 0.6 is 11.3 Å². The highest BCUT2D eigenvalue weighted by Gasteiger charge is 2.28. The van der Waals surface area contributed by atoms with Crippen molar-refractivity contribution in [1.29, 1.82) is 0 Å². The summed E-state index contributed by atoms with van der Waals surface area (Å²) in [5.74, 6) is 0.984. The fourth-order valence-electron chi connectivity index (χ4n) is 3.79. The Morgan fingerprint density at radius 1 is 1.33 bits per heavy atom. The van der Waals surface area contributed by atoms with Crippen LogP contribution in [0.4, 0.5) is 11.5 Å². The average Bonchev–Trinajstić information content (AvgIpc) is 3.30. The largest absolute Gasteiger partial charge is 0.359 e. The van der Waals surface area contributed by atoms with Crippen molar-refractivity contribution in [1.82, 2.24) is 25.5 Å². The quantitative estimate of drug-likeness (QED) is 0.509. The number of nitrogens with one attached hydrogen (secondary N) is 3. The van der Waals surface area contributed by atoms with E-state index >= 15 is 0 Å². The molecule has 1 atom stereocenters. The molecule has 8 heteroatoms. The van der Waals surface area contributed by atoms with Gasteiger partial charge < -0.3 is 10.6 Å². The molecule has 3 heterocycles. The number of carbonyl (C=O) groups is 1. The first-order valence-electron chi connectivity index (χ1n) is 8.90. The molecule has 1 aliphatic rings. The van der Waals surface area contributed by atoms with Gasteiger partial charge in [-0.25, -0.2) is 9.97 Å². The maximum atomic E-state index is 12.0. The van der Waals surface area contributed by atoms with Gasteiger partial charge in [-0.15, -0.1) is 11.3 Å². The van der Waals surface area contributed by atoms with Crippen LogP contribution in [-0.2, 0) is 17.6 Å². The lowest BCUT2D eigenvalue weighted by Gasteiger charge is -2.20. The summed E-state index contributed by atoms with van der Waals surface area (Å²) in [6, 6.07) is 6.06. The topological polar surface area (TPSA) is 95.6 Å². The summed E-state index contributed by atoms with van der Waals surface area (Å²) in [6.45, 7) is 0. The van der Waals surface area contributed by atoms with Crippen LogP contribution in [0.3, 0.4) is 0 Å². The van der Waals surface area contributed by atoms with Crippen LogP contribution in [0, 0.1) is 5.92 Å². The Morgan fingerprint density at radius 2 is 2.26 bits per heavy atom. The molecule has 3 aromatic heterocycles. The Labute approximate surface area is 159 Å². The maximum Gasteiger partial charge on any atom is 0.223 e. The van der Waals surface area contributed by atoms with Crippen LogP contribution in [-0.4, -0.2) is 33.1 Å². The first kappa shape index (κ1) is 16.2. The molecule has 0 saturated carbocycles. The smallest absolute Gasteiger partial charge is 0.223 e. The number of fused-ring (bicyclic) bond motifs is 4. The molecule has 0 spiro atoms. The van der Waals surface area contributed by atoms with Crippen molar-refractivity contribution < 1.29 is 4.79 Å². The van der Waals surface area contributed by atoms with Gasteiger partial charge in [-0.05, 0) is 43.0 Å². The first-order valence-corrected chi connectivity index (χ1v) is 9.71. The Hall–Kier alpha value is -3.00. The lowest BCUT2D eigenvalue weighted by molar-refractivity contribution is -0.124.